The number of hydrogen-bond acceptors (Lipinski definition) is 5. The highest BCUT2D eigenvalue weighted by Crippen LogP contribution is 2.54. The zero-order valence-corrected chi connectivity index (χ0v) is 14.4. The Bertz CT molecular complexity index is 953. The molecule has 0 radical (unpaired) electrons. The highest BCUT2D eigenvalue weighted by atomic mass is 19.4. The summed E-state index contributed by atoms with van der Waals surface area (Å²) in [4.78, 5) is 18.5. The molecule has 2 saturated heterocycles. The number of alkyl halides is 3. The van der Waals surface area contributed by atoms with Gasteiger partial charge >= 0.3 is 12.1 Å². The van der Waals surface area contributed by atoms with Crippen LogP contribution in [0.2, 0.25) is 0 Å². The van der Waals surface area contributed by atoms with Gasteiger partial charge in [0.05, 0.1) is 6.93 Å². The molecule has 9 heteroatoms. The van der Waals surface area contributed by atoms with Crippen molar-refractivity contribution in [3.8, 4) is 6.07 Å². The Morgan fingerprint density at radius 3 is 2.63 bits per heavy atom. The van der Waals surface area contributed by atoms with Crippen molar-refractivity contribution in [3.63, 3.8) is 0 Å². The number of pyridine rings is 1. The molecule has 2 aliphatic heterocycles. The SMILES string of the molecule is [2H]c1c(N2C[C@@H]3C(C([2H])([2H])C(=O)O)[C@@H]3C2)nc(N2CC[C@@H]2C)c(C#N)c1C(F)(F)F. The van der Waals surface area contributed by atoms with Crippen LogP contribution in [-0.2, 0) is 11.0 Å². The molecule has 0 amide bonds. The largest absolute Gasteiger partial charge is 0.481 e. The summed E-state index contributed by atoms with van der Waals surface area (Å²) in [5, 5.41) is 18.5. The van der Waals surface area contributed by atoms with Crippen LogP contribution in [0.15, 0.2) is 6.04 Å². The van der Waals surface area contributed by atoms with Crippen LogP contribution in [0, 0.1) is 29.1 Å². The third-order valence-electron chi connectivity index (χ3n) is 5.69. The smallest absolute Gasteiger partial charge is 0.417 e. The topological polar surface area (TPSA) is 80.5 Å². The summed E-state index contributed by atoms with van der Waals surface area (Å²) in [7, 11) is 0. The number of halogens is 3. The number of nitrogens with zero attached hydrogens (tertiary/aromatic N) is 4. The van der Waals surface area contributed by atoms with Crippen LogP contribution >= 0.6 is 0 Å². The summed E-state index contributed by atoms with van der Waals surface area (Å²) >= 11 is 0. The molecule has 1 saturated carbocycles. The summed E-state index contributed by atoms with van der Waals surface area (Å²) in [6.45, 7) is 2.53. The number of hydrogen-bond donors (Lipinski definition) is 1. The maximum absolute atomic E-state index is 13.8. The second-order valence-corrected chi connectivity index (χ2v) is 7.28. The number of carboxylic acids is 1. The van der Waals surface area contributed by atoms with Gasteiger partial charge in [-0.25, -0.2) is 4.98 Å². The summed E-state index contributed by atoms with van der Waals surface area (Å²) < 4.78 is 64.9. The van der Waals surface area contributed by atoms with Crippen LogP contribution in [-0.4, -0.2) is 41.7 Å². The molecule has 1 unspecified atom stereocenters. The molecule has 3 aliphatic rings. The number of carbonyl (C=O) groups is 1. The summed E-state index contributed by atoms with van der Waals surface area (Å²) in [5.74, 6) is -3.21. The van der Waals surface area contributed by atoms with Gasteiger partial charge in [-0.05, 0) is 37.1 Å². The average molecular weight is 383 g/mol. The Morgan fingerprint density at radius 1 is 1.52 bits per heavy atom. The fourth-order valence-electron chi connectivity index (χ4n) is 4.03. The predicted molar refractivity (Wildman–Crippen MR) is 90.3 cm³/mol. The normalized spacial score (nSPS) is 31.3. The van der Waals surface area contributed by atoms with Crippen molar-refractivity contribution in [2.75, 3.05) is 29.4 Å². The van der Waals surface area contributed by atoms with Crippen molar-refractivity contribution in [2.24, 2.45) is 17.8 Å². The molecule has 6 nitrogen and oxygen atoms in total. The lowest BCUT2D eigenvalue weighted by Crippen LogP contribution is -2.47. The molecule has 4 rings (SSSR count). The number of piperidine rings is 1. The minimum atomic E-state index is -4.91. The monoisotopic (exact) mass is 383 g/mol. The van der Waals surface area contributed by atoms with E-state index in [0.29, 0.717) is 6.54 Å². The zero-order chi connectivity index (χ0) is 22.2. The standard InChI is InChI=1S/C18H19F3N4O2/c1-9-2-3-25(9)17-11(6-22)14(18(19,20)21)5-15(23-17)24-7-12-10(4-16(26)27)13(12)8-24/h5,9-10,12-13H,2-4,7-8H2,1H3,(H,26,27)/t9-,10?,12-,13+/m0/s1/i4D2,5D. The first-order valence-electron chi connectivity index (χ1n) is 10.2. The van der Waals surface area contributed by atoms with Gasteiger partial charge in [-0.3, -0.25) is 4.79 Å². The number of carboxylic acid groups (broad SMARTS) is 1. The van der Waals surface area contributed by atoms with Gasteiger partial charge in [-0.2, -0.15) is 18.4 Å². The second kappa shape index (κ2) is 6.01. The second-order valence-electron chi connectivity index (χ2n) is 7.28. The molecule has 1 aliphatic carbocycles. The van der Waals surface area contributed by atoms with Crippen LogP contribution in [0.4, 0.5) is 24.8 Å². The maximum Gasteiger partial charge on any atom is 0.417 e. The number of anilines is 2. The minimum Gasteiger partial charge on any atom is -0.481 e. The summed E-state index contributed by atoms with van der Waals surface area (Å²) in [6, 6.07) is 0.624. The molecule has 0 aromatic carbocycles. The van der Waals surface area contributed by atoms with Crippen LogP contribution in [0.3, 0.4) is 0 Å². The Kier molecular flexibility index (Phi) is 3.24. The van der Waals surface area contributed by atoms with Crippen molar-refractivity contribution in [1.29, 1.82) is 5.26 Å². The first-order chi connectivity index (χ1) is 13.9. The molecular weight excluding hydrogens is 361 g/mol. The van der Waals surface area contributed by atoms with E-state index in [1.165, 1.54) is 4.90 Å². The highest BCUT2D eigenvalue weighted by Gasteiger charge is 2.56. The Labute approximate surface area is 158 Å². The van der Waals surface area contributed by atoms with Crippen molar-refractivity contribution >= 4 is 17.6 Å². The maximum atomic E-state index is 13.8. The number of nitriles is 1. The number of rotatable bonds is 4. The lowest BCUT2D eigenvalue weighted by molar-refractivity contribution is -0.138. The van der Waals surface area contributed by atoms with E-state index in [1.54, 1.807) is 11.0 Å². The van der Waals surface area contributed by atoms with E-state index in [1.807, 2.05) is 6.92 Å². The molecule has 27 heavy (non-hydrogen) atoms. The van der Waals surface area contributed by atoms with Gasteiger partial charge in [0.2, 0.25) is 0 Å². The molecule has 4 atom stereocenters. The van der Waals surface area contributed by atoms with E-state index in [0.717, 1.165) is 6.42 Å². The quantitative estimate of drug-likeness (QED) is 0.861. The minimum absolute atomic E-state index is 0.0747. The molecule has 1 aromatic heterocycles. The van der Waals surface area contributed by atoms with E-state index in [9.17, 15) is 23.2 Å². The van der Waals surface area contributed by atoms with E-state index < -0.39 is 41.6 Å². The van der Waals surface area contributed by atoms with Crippen molar-refractivity contribution in [2.45, 2.75) is 31.9 Å². The molecular formula is C18H19F3N4O2. The van der Waals surface area contributed by atoms with Crippen LogP contribution in [0.5, 0.6) is 0 Å². The van der Waals surface area contributed by atoms with Gasteiger partial charge in [0.1, 0.15) is 23.3 Å². The van der Waals surface area contributed by atoms with E-state index in [-0.39, 0.29) is 42.6 Å². The molecule has 1 aromatic rings. The van der Waals surface area contributed by atoms with Gasteiger partial charge in [0, 0.05) is 34.8 Å². The van der Waals surface area contributed by atoms with Gasteiger partial charge in [0.25, 0.3) is 0 Å². The average Bonchev–Trinajstić information content (AvgIpc) is 3.16. The molecule has 3 heterocycles. The zero-order valence-electron chi connectivity index (χ0n) is 17.4. The Morgan fingerprint density at radius 2 is 2.19 bits per heavy atom. The third kappa shape index (κ3) is 2.97. The van der Waals surface area contributed by atoms with Crippen molar-refractivity contribution in [1.82, 2.24) is 4.98 Å². The molecule has 0 bridgehead atoms. The number of aliphatic carboxylic acids is 1. The fraction of sp³-hybridized carbons (Fsp3) is 0.611. The van der Waals surface area contributed by atoms with E-state index in [4.69, 9.17) is 9.22 Å². The van der Waals surface area contributed by atoms with E-state index >= 15 is 0 Å². The highest BCUT2D eigenvalue weighted by molar-refractivity contribution is 5.68. The molecule has 1 N–H and O–H groups in total. The van der Waals surface area contributed by atoms with E-state index in [2.05, 4.69) is 4.98 Å². The molecule has 0 spiro atoms. The summed E-state index contributed by atoms with van der Waals surface area (Å²) in [5.41, 5.74) is -1.98. The van der Waals surface area contributed by atoms with Crippen LogP contribution in [0.25, 0.3) is 0 Å². The molecule has 3 fully saturated rings. The Hall–Kier alpha value is -2.50. The van der Waals surface area contributed by atoms with Crippen LogP contribution < -0.4 is 9.80 Å². The first kappa shape index (κ1) is 14.5. The number of fused-ring (bicyclic) bond motifs is 1. The summed E-state index contributed by atoms with van der Waals surface area (Å²) in [6.07, 6.45) is -6.56. The lowest BCUT2D eigenvalue weighted by Gasteiger charge is -2.41. The fourth-order valence-corrected chi connectivity index (χ4v) is 4.03. The Balaban J connectivity index is 1.71. The third-order valence-corrected chi connectivity index (χ3v) is 5.69. The first-order valence-corrected chi connectivity index (χ1v) is 8.66. The van der Waals surface area contributed by atoms with Crippen molar-refractivity contribution < 1.29 is 27.2 Å². The van der Waals surface area contributed by atoms with Gasteiger partial charge in [-0.1, -0.05) is 0 Å². The van der Waals surface area contributed by atoms with Gasteiger partial charge < -0.3 is 14.9 Å². The number of aromatic nitrogens is 1. The molecule has 144 valence electrons. The van der Waals surface area contributed by atoms with Gasteiger partial charge in [0.15, 0.2) is 0 Å². The van der Waals surface area contributed by atoms with Crippen molar-refractivity contribution in [3.05, 3.63) is 17.2 Å². The predicted octanol–water partition coefficient (Wildman–Crippen LogP) is 2.73. The van der Waals surface area contributed by atoms with Crippen LogP contribution in [0.1, 0.15) is 35.0 Å². The van der Waals surface area contributed by atoms with Gasteiger partial charge in [-0.15, -0.1) is 0 Å². The lowest BCUT2D eigenvalue weighted by atomic mass is 10.0.